The van der Waals surface area contributed by atoms with Crippen molar-refractivity contribution in [2.45, 2.75) is 13.8 Å². The van der Waals surface area contributed by atoms with Crippen LogP contribution in [0.4, 0.5) is 0 Å². The van der Waals surface area contributed by atoms with Crippen molar-refractivity contribution in [3.8, 4) is 0 Å². The van der Waals surface area contributed by atoms with Gasteiger partial charge in [0.25, 0.3) is 0 Å². The molecule has 0 spiro atoms. The fourth-order valence-corrected chi connectivity index (χ4v) is 0. The second kappa shape index (κ2) is 265. The average Bonchev–Trinajstić information content (AvgIpc) is 1.00. The van der Waals surface area contributed by atoms with Crippen LogP contribution >= 0.6 is 0 Å². The van der Waals surface area contributed by atoms with Crippen molar-refractivity contribution < 1.29 is 20.4 Å². The molecule has 0 aromatic carbocycles. The molecule has 0 saturated heterocycles. The molecule has 2 N–H and O–H groups in total. The summed E-state index contributed by atoms with van der Waals surface area (Å²) in [6, 6.07) is 0. The molecule has 0 rings (SSSR count). The molecule has 0 amide bonds. The van der Waals surface area contributed by atoms with E-state index >= 15 is 0 Å². The fraction of sp³-hybridized carbons (Fsp3) is 0.667. The SMILES string of the molecule is CC.[B].[CH3-].[NH2-].[Re]. The van der Waals surface area contributed by atoms with Gasteiger partial charge in [-0.05, 0) is 0 Å². The smallest absolute Gasteiger partial charge is 0 e. The van der Waals surface area contributed by atoms with Crippen molar-refractivity contribution in [1.82, 2.24) is 0 Å². The Hall–Kier alpha value is 0.687. The largest absolute Gasteiger partial charge is 0.693 e. The van der Waals surface area contributed by atoms with Crippen molar-refractivity contribution in [3.63, 3.8) is 0 Å². The zero-order chi connectivity index (χ0) is 2.00. The number of hydrogen-bond donors (Lipinski definition) is 0. The van der Waals surface area contributed by atoms with Crippen molar-refractivity contribution in [1.29, 1.82) is 0 Å². The summed E-state index contributed by atoms with van der Waals surface area (Å²) in [6.45, 7) is 4.00. The summed E-state index contributed by atoms with van der Waals surface area (Å²) in [5.41, 5.74) is 0. The van der Waals surface area contributed by atoms with Gasteiger partial charge in [-0.2, -0.15) is 0 Å². The Kier molecular flexibility index (Phi) is 3350. The molecular weight excluding hydrogens is 247 g/mol. The van der Waals surface area contributed by atoms with Crippen LogP contribution in [-0.2, 0) is 20.4 Å². The zero-order valence-electron chi connectivity index (χ0n) is 4.53. The van der Waals surface area contributed by atoms with Gasteiger partial charge >= 0.3 is 0 Å². The normalized spacial score (nSPS) is 1.00. The van der Waals surface area contributed by atoms with Gasteiger partial charge in [0, 0.05) is 28.8 Å². The first-order valence-corrected chi connectivity index (χ1v) is 1.00. The molecule has 0 aromatic rings. The van der Waals surface area contributed by atoms with Crippen molar-refractivity contribution >= 4 is 8.41 Å². The van der Waals surface area contributed by atoms with Crippen molar-refractivity contribution in [2.75, 3.05) is 0 Å². The van der Waals surface area contributed by atoms with E-state index in [1.807, 2.05) is 13.8 Å². The third kappa shape index (κ3) is 135. The zero-order valence-corrected chi connectivity index (χ0v) is 7.25. The van der Waals surface area contributed by atoms with E-state index < -0.39 is 0 Å². The Morgan fingerprint density at radius 3 is 1.00 bits per heavy atom. The van der Waals surface area contributed by atoms with E-state index in [-0.39, 0.29) is 42.4 Å². The standard InChI is InChI=1S/C2H6.CH3.B.H2N.Re/c1-2;;;;/h1-2H3;1H3;;1H2;/q;-1;;-1;. The molecule has 3 heteroatoms. The molecule has 0 atom stereocenters. The van der Waals surface area contributed by atoms with Gasteiger partial charge in [0.05, 0.1) is 0 Å². The van der Waals surface area contributed by atoms with E-state index in [1.54, 1.807) is 0 Å². The molecule has 0 aliphatic carbocycles. The summed E-state index contributed by atoms with van der Waals surface area (Å²) in [6.07, 6.45) is 0. The summed E-state index contributed by atoms with van der Waals surface area (Å²) < 4.78 is 0. The molecule has 0 saturated carbocycles. The van der Waals surface area contributed by atoms with Gasteiger partial charge in [-0.3, -0.25) is 0 Å². The minimum Gasteiger partial charge on any atom is -0.693 e. The van der Waals surface area contributed by atoms with Gasteiger partial charge in [-0.25, -0.2) is 0 Å². The van der Waals surface area contributed by atoms with E-state index in [2.05, 4.69) is 0 Å². The van der Waals surface area contributed by atoms with Crippen LogP contribution in [-0.4, -0.2) is 8.41 Å². The monoisotopic (exact) mass is 259 g/mol. The van der Waals surface area contributed by atoms with Crippen molar-refractivity contribution in [2.24, 2.45) is 0 Å². The van der Waals surface area contributed by atoms with Gasteiger partial charge in [0.15, 0.2) is 0 Å². The molecule has 0 aromatic heterocycles. The minimum absolute atomic E-state index is 0. The molecule has 4 radical (unpaired) electrons. The average molecular weight is 258 g/mol. The van der Waals surface area contributed by atoms with Crippen LogP contribution in [0.5, 0.6) is 0 Å². The number of hydrogen-bond acceptors (Lipinski definition) is 0. The molecule has 0 bridgehead atoms. The predicted octanol–water partition coefficient (Wildman–Crippen LogP) is 1.81. The maximum absolute atomic E-state index is 2.00. The maximum Gasteiger partial charge on any atom is 0 e. The Bertz CT molecular complexity index is 10.8. The maximum atomic E-state index is 2.00. The molecule has 6 heavy (non-hydrogen) atoms. The first-order chi connectivity index (χ1) is 1.00. The summed E-state index contributed by atoms with van der Waals surface area (Å²) >= 11 is 0. The molecule has 1 nitrogen and oxygen atoms in total. The van der Waals surface area contributed by atoms with E-state index in [0.717, 1.165) is 0 Å². The summed E-state index contributed by atoms with van der Waals surface area (Å²) in [7, 11) is 0. The Labute approximate surface area is 56.7 Å². The molecular formula is C3H11BNRe-2. The third-order valence-corrected chi connectivity index (χ3v) is 0. The molecule has 0 heterocycles. The first-order valence-electron chi connectivity index (χ1n) is 1.00. The van der Waals surface area contributed by atoms with Crippen LogP contribution < -0.4 is 0 Å². The van der Waals surface area contributed by atoms with Crippen LogP contribution in [0, 0.1) is 7.43 Å². The predicted molar refractivity (Wildman–Crippen MR) is 28.8 cm³/mol. The van der Waals surface area contributed by atoms with Crippen LogP contribution in [0.25, 0.3) is 6.15 Å². The Balaban J connectivity index is -0.000000000833. The summed E-state index contributed by atoms with van der Waals surface area (Å²) in [5, 5.41) is 0. The Morgan fingerprint density at radius 2 is 1.00 bits per heavy atom. The quantitative estimate of drug-likeness (QED) is 0.469. The first kappa shape index (κ1) is 76.0. The molecule has 0 fully saturated rings. The van der Waals surface area contributed by atoms with Crippen molar-refractivity contribution in [3.05, 3.63) is 13.6 Å². The molecule has 0 unspecified atom stereocenters. The van der Waals surface area contributed by atoms with E-state index in [4.69, 9.17) is 0 Å². The van der Waals surface area contributed by atoms with Gasteiger partial charge in [-0.15, -0.1) is 0 Å². The van der Waals surface area contributed by atoms with Gasteiger partial charge in [0.1, 0.15) is 0 Å². The van der Waals surface area contributed by atoms with Crippen LogP contribution in [0.15, 0.2) is 0 Å². The van der Waals surface area contributed by atoms with E-state index in [9.17, 15) is 0 Å². The molecule has 40 valence electrons. The Morgan fingerprint density at radius 1 is 1.00 bits per heavy atom. The van der Waals surface area contributed by atoms with Crippen LogP contribution in [0.2, 0.25) is 0 Å². The van der Waals surface area contributed by atoms with Gasteiger partial charge in [0.2, 0.25) is 0 Å². The number of rotatable bonds is 0. The van der Waals surface area contributed by atoms with Gasteiger partial charge in [-0.1, -0.05) is 13.8 Å². The second-order valence-electron chi connectivity index (χ2n) is 0. The number of nitrogens with two attached hydrogens (primary N) is 1. The van der Waals surface area contributed by atoms with Crippen LogP contribution in [0.3, 0.4) is 0 Å². The van der Waals surface area contributed by atoms with Crippen LogP contribution in [0.1, 0.15) is 13.8 Å². The van der Waals surface area contributed by atoms with E-state index in [0.29, 0.717) is 0 Å². The summed E-state index contributed by atoms with van der Waals surface area (Å²) in [4.78, 5) is 0. The molecule has 0 aliphatic heterocycles. The second-order valence-corrected chi connectivity index (χ2v) is 0. The third-order valence-electron chi connectivity index (χ3n) is 0. The van der Waals surface area contributed by atoms with E-state index in [1.165, 1.54) is 0 Å². The fourth-order valence-electron chi connectivity index (χ4n) is 0. The minimum atomic E-state index is 0. The topological polar surface area (TPSA) is 33.5 Å². The summed E-state index contributed by atoms with van der Waals surface area (Å²) in [5.74, 6) is 0. The molecule has 0 aliphatic rings. The van der Waals surface area contributed by atoms with Gasteiger partial charge < -0.3 is 13.6 Å².